The summed E-state index contributed by atoms with van der Waals surface area (Å²) in [5.41, 5.74) is 0. The highest BCUT2D eigenvalue weighted by Gasteiger charge is 2.25. The van der Waals surface area contributed by atoms with Crippen LogP contribution in [0.25, 0.3) is 0 Å². The van der Waals surface area contributed by atoms with Crippen molar-refractivity contribution in [3.05, 3.63) is 75.9 Å². The molecule has 30 heavy (non-hydrogen) atoms. The molecule has 0 heterocycles. The summed E-state index contributed by atoms with van der Waals surface area (Å²) in [4.78, 5) is 8.05. The first-order chi connectivity index (χ1) is 14.7. The first-order valence-corrected chi connectivity index (χ1v) is 15.3. The van der Waals surface area contributed by atoms with Crippen molar-refractivity contribution in [2.45, 2.75) is 29.4 Å². The van der Waals surface area contributed by atoms with Crippen molar-refractivity contribution in [3.63, 3.8) is 0 Å². The quantitative estimate of drug-likeness (QED) is 0.141. The molecule has 0 saturated heterocycles. The average Bonchev–Trinajstić information content (AvgIpc) is 2.76. The number of thioether (sulfide) groups is 6. The van der Waals surface area contributed by atoms with Gasteiger partial charge in [0.05, 0.1) is 0 Å². The van der Waals surface area contributed by atoms with Crippen LogP contribution in [-0.2, 0) is 0 Å². The maximum absolute atomic E-state index is 3.94. The number of rotatable bonds is 18. The van der Waals surface area contributed by atoms with Gasteiger partial charge in [-0.05, 0) is 0 Å². The normalized spacial score (nSPS) is 10.4. The fourth-order valence-electron chi connectivity index (χ4n) is 2.26. The van der Waals surface area contributed by atoms with E-state index >= 15 is 0 Å². The number of benzene rings is 1. The minimum Gasteiger partial charge on any atom is -0.120 e. The second-order valence-electron chi connectivity index (χ2n) is 5.57. The van der Waals surface area contributed by atoms with Gasteiger partial charge in [0.15, 0.2) is 0 Å². The van der Waals surface area contributed by atoms with Crippen LogP contribution in [0.2, 0.25) is 0 Å². The molecular formula is C24H30S6. The molecule has 0 aliphatic rings. The Hall–Kier alpha value is -0.240. The Morgan fingerprint density at radius 1 is 0.333 bits per heavy atom. The molecule has 0 aliphatic heterocycles. The van der Waals surface area contributed by atoms with Gasteiger partial charge in [-0.25, -0.2) is 0 Å². The lowest BCUT2D eigenvalue weighted by Gasteiger charge is -2.24. The molecule has 0 fully saturated rings. The minimum absolute atomic E-state index is 0.875. The topological polar surface area (TPSA) is 0 Å². The van der Waals surface area contributed by atoms with E-state index in [1.54, 1.807) is 0 Å². The van der Waals surface area contributed by atoms with Crippen molar-refractivity contribution >= 4 is 70.6 Å². The Kier molecular flexibility index (Phi) is 16.1. The van der Waals surface area contributed by atoms with Gasteiger partial charge < -0.3 is 0 Å². The van der Waals surface area contributed by atoms with Crippen LogP contribution in [0.5, 0.6) is 0 Å². The van der Waals surface area contributed by atoms with Gasteiger partial charge in [0.1, 0.15) is 0 Å². The van der Waals surface area contributed by atoms with Crippen molar-refractivity contribution in [3.8, 4) is 0 Å². The van der Waals surface area contributed by atoms with E-state index in [9.17, 15) is 0 Å². The molecule has 0 aliphatic carbocycles. The summed E-state index contributed by atoms with van der Waals surface area (Å²) in [6, 6.07) is 0. The van der Waals surface area contributed by atoms with Gasteiger partial charge in [-0.1, -0.05) is 36.5 Å². The van der Waals surface area contributed by atoms with E-state index in [0.29, 0.717) is 0 Å². The van der Waals surface area contributed by atoms with Gasteiger partial charge in [0.25, 0.3) is 0 Å². The third kappa shape index (κ3) is 8.71. The Labute approximate surface area is 209 Å². The zero-order valence-electron chi connectivity index (χ0n) is 17.4. The van der Waals surface area contributed by atoms with Crippen LogP contribution < -0.4 is 0 Å². The number of hydrogen-bond acceptors (Lipinski definition) is 6. The zero-order valence-corrected chi connectivity index (χ0v) is 22.3. The SMILES string of the molecule is C=CCSc1c(SCC=C)c(SCC=C)c(SCC=C)c(SCC=C)c1SCC=C. The fourth-order valence-corrected chi connectivity index (χ4v) is 9.27. The van der Waals surface area contributed by atoms with Gasteiger partial charge in [-0.15, -0.1) is 110 Å². The van der Waals surface area contributed by atoms with Crippen LogP contribution in [0.4, 0.5) is 0 Å². The highest BCUT2D eigenvalue weighted by Crippen LogP contribution is 2.54. The second kappa shape index (κ2) is 17.3. The standard InChI is InChI=1S/C24H30S6/c1-7-13-25-19-20(26-14-8-2)22(28-16-10-4)24(30-18-12-6)23(29-17-11-5)21(19)27-15-9-3/h7-12H,1-6,13-18H2. The Morgan fingerprint density at radius 2 is 0.467 bits per heavy atom. The monoisotopic (exact) mass is 510 g/mol. The van der Waals surface area contributed by atoms with E-state index < -0.39 is 0 Å². The lowest BCUT2D eigenvalue weighted by Crippen LogP contribution is -1.99. The molecule has 0 spiro atoms. The maximum atomic E-state index is 3.94. The molecule has 162 valence electrons. The first-order valence-electron chi connectivity index (χ1n) is 9.36. The van der Waals surface area contributed by atoms with Crippen molar-refractivity contribution in [2.24, 2.45) is 0 Å². The van der Waals surface area contributed by atoms with Gasteiger partial charge in [-0.2, -0.15) is 0 Å². The Bertz CT molecular complexity index is 568. The minimum atomic E-state index is 0.875. The molecule has 1 aromatic carbocycles. The van der Waals surface area contributed by atoms with Crippen molar-refractivity contribution in [1.82, 2.24) is 0 Å². The molecule has 0 nitrogen and oxygen atoms in total. The largest absolute Gasteiger partial charge is 0.120 e. The third-order valence-electron chi connectivity index (χ3n) is 3.31. The van der Waals surface area contributed by atoms with Crippen molar-refractivity contribution in [2.75, 3.05) is 34.5 Å². The summed E-state index contributed by atoms with van der Waals surface area (Å²) in [6.07, 6.45) is 11.8. The summed E-state index contributed by atoms with van der Waals surface area (Å²) in [5, 5.41) is 0. The summed E-state index contributed by atoms with van der Waals surface area (Å²) in [7, 11) is 0. The van der Waals surface area contributed by atoms with Gasteiger partial charge in [0.2, 0.25) is 0 Å². The molecule has 0 aromatic heterocycles. The van der Waals surface area contributed by atoms with Crippen molar-refractivity contribution < 1.29 is 0 Å². The Balaban J connectivity index is 3.87. The molecule has 0 bridgehead atoms. The molecule has 0 radical (unpaired) electrons. The molecule has 1 rings (SSSR count). The highest BCUT2D eigenvalue weighted by molar-refractivity contribution is 8.07. The molecule has 0 saturated carbocycles. The first kappa shape index (κ1) is 27.8. The van der Waals surface area contributed by atoms with Crippen LogP contribution in [0.15, 0.2) is 105 Å². The predicted molar refractivity (Wildman–Crippen MR) is 152 cm³/mol. The molecule has 0 N–H and O–H groups in total. The maximum Gasteiger partial charge on any atom is 0.0371 e. The average molecular weight is 511 g/mol. The van der Waals surface area contributed by atoms with Crippen LogP contribution in [0, 0.1) is 0 Å². The molecule has 0 atom stereocenters. The van der Waals surface area contributed by atoms with E-state index in [-0.39, 0.29) is 0 Å². The van der Waals surface area contributed by atoms with E-state index in [0.717, 1.165) is 34.5 Å². The summed E-state index contributed by atoms with van der Waals surface area (Å²) in [6.45, 7) is 23.7. The summed E-state index contributed by atoms with van der Waals surface area (Å²) >= 11 is 11.2. The van der Waals surface area contributed by atoms with E-state index in [1.807, 2.05) is 107 Å². The van der Waals surface area contributed by atoms with E-state index in [4.69, 9.17) is 0 Å². The molecule has 0 amide bonds. The van der Waals surface area contributed by atoms with Crippen LogP contribution in [0.1, 0.15) is 0 Å². The zero-order chi connectivity index (χ0) is 22.2. The van der Waals surface area contributed by atoms with Crippen LogP contribution in [-0.4, -0.2) is 34.5 Å². The summed E-state index contributed by atoms with van der Waals surface area (Å²) < 4.78 is 0. The second-order valence-corrected chi connectivity index (χ2v) is 11.8. The van der Waals surface area contributed by atoms with Gasteiger partial charge >= 0.3 is 0 Å². The fraction of sp³-hybridized carbons (Fsp3) is 0.250. The smallest absolute Gasteiger partial charge is 0.0371 e. The Morgan fingerprint density at radius 3 is 0.567 bits per heavy atom. The van der Waals surface area contributed by atoms with E-state index in [1.165, 1.54) is 29.4 Å². The lowest BCUT2D eigenvalue weighted by molar-refractivity contribution is 0.876. The van der Waals surface area contributed by atoms with Gasteiger partial charge in [0, 0.05) is 63.9 Å². The van der Waals surface area contributed by atoms with Gasteiger partial charge in [-0.3, -0.25) is 0 Å². The molecular weight excluding hydrogens is 481 g/mol. The lowest BCUT2D eigenvalue weighted by atomic mass is 10.3. The number of hydrogen-bond donors (Lipinski definition) is 0. The van der Waals surface area contributed by atoms with Crippen LogP contribution >= 0.6 is 70.6 Å². The molecule has 1 aromatic rings. The van der Waals surface area contributed by atoms with Crippen molar-refractivity contribution in [1.29, 1.82) is 0 Å². The van der Waals surface area contributed by atoms with Crippen LogP contribution in [0.3, 0.4) is 0 Å². The summed E-state index contributed by atoms with van der Waals surface area (Å²) in [5.74, 6) is 5.25. The molecule has 0 unspecified atom stereocenters. The third-order valence-corrected chi connectivity index (χ3v) is 10.7. The highest BCUT2D eigenvalue weighted by atomic mass is 32.2. The van der Waals surface area contributed by atoms with E-state index in [2.05, 4.69) is 39.5 Å². The predicted octanol–water partition coefficient (Wildman–Crippen LogP) is 9.36. The molecule has 6 heteroatoms.